The second-order valence-electron chi connectivity index (χ2n) is 4.80. The molecule has 0 radical (unpaired) electrons. The van der Waals surface area contributed by atoms with Gasteiger partial charge in [0.25, 0.3) is 0 Å². The molecule has 0 saturated heterocycles. The highest BCUT2D eigenvalue weighted by Gasteiger charge is 2.07. The lowest BCUT2D eigenvalue weighted by Gasteiger charge is -2.21. The van der Waals surface area contributed by atoms with Crippen molar-refractivity contribution in [3.8, 4) is 0 Å². The van der Waals surface area contributed by atoms with E-state index in [0.717, 1.165) is 30.2 Å². The third-order valence-corrected chi connectivity index (χ3v) is 3.38. The van der Waals surface area contributed by atoms with Crippen LogP contribution in [0.2, 0.25) is 0 Å². The Morgan fingerprint density at radius 3 is 2.43 bits per heavy atom. The topological polar surface area (TPSA) is 63.1 Å². The lowest BCUT2D eigenvalue weighted by molar-refractivity contribution is -0.117. The van der Waals surface area contributed by atoms with Crippen LogP contribution in [0.15, 0.2) is 30.5 Å². The van der Waals surface area contributed by atoms with Crippen molar-refractivity contribution in [2.45, 2.75) is 27.3 Å². The highest BCUT2D eigenvalue weighted by molar-refractivity contribution is 5.90. The Balaban J connectivity index is 1.97. The van der Waals surface area contributed by atoms with Gasteiger partial charge in [0, 0.05) is 24.5 Å². The SMILES string of the molecule is CCN(CC)c1ccc(NC(=O)Cn2nncc2C)cc1. The fourth-order valence-corrected chi connectivity index (χ4v) is 2.15. The number of aryl methyl sites for hydroxylation is 1. The van der Waals surface area contributed by atoms with Gasteiger partial charge in [0.1, 0.15) is 6.54 Å². The molecular weight excluding hydrogens is 266 g/mol. The molecule has 1 heterocycles. The van der Waals surface area contributed by atoms with Crippen molar-refractivity contribution in [3.63, 3.8) is 0 Å². The minimum atomic E-state index is -0.112. The predicted octanol–water partition coefficient (Wildman–Crippen LogP) is 2.07. The van der Waals surface area contributed by atoms with Crippen molar-refractivity contribution in [1.29, 1.82) is 0 Å². The van der Waals surface area contributed by atoms with Gasteiger partial charge in [-0.05, 0) is 45.0 Å². The number of carbonyl (C=O) groups excluding carboxylic acids is 1. The van der Waals surface area contributed by atoms with Crippen LogP contribution in [0, 0.1) is 6.92 Å². The third-order valence-electron chi connectivity index (χ3n) is 3.38. The monoisotopic (exact) mass is 287 g/mol. The van der Waals surface area contributed by atoms with Crippen LogP contribution >= 0.6 is 0 Å². The Bertz CT molecular complexity index is 586. The molecule has 0 saturated carbocycles. The van der Waals surface area contributed by atoms with E-state index in [4.69, 9.17) is 0 Å². The first-order chi connectivity index (χ1) is 10.1. The zero-order valence-electron chi connectivity index (χ0n) is 12.7. The van der Waals surface area contributed by atoms with Gasteiger partial charge < -0.3 is 10.2 Å². The van der Waals surface area contributed by atoms with Crippen molar-refractivity contribution in [2.24, 2.45) is 0 Å². The van der Waals surface area contributed by atoms with E-state index in [1.54, 1.807) is 10.9 Å². The molecule has 1 amide bonds. The summed E-state index contributed by atoms with van der Waals surface area (Å²) in [5.74, 6) is -0.112. The number of rotatable bonds is 6. The third kappa shape index (κ3) is 3.81. The first kappa shape index (κ1) is 15.0. The van der Waals surface area contributed by atoms with Gasteiger partial charge in [-0.2, -0.15) is 0 Å². The molecule has 2 aromatic rings. The van der Waals surface area contributed by atoms with E-state index in [1.807, 2.05) is 31.2 Å². The van der Waals surface area contributed by atoms with Gasteiger partial charge in [0.15, 0.2) is 0 Å². The number of aromatic nitrogens is 3. The molecule has 0 unspecified atom stereocenters. The summed E-state index contributed by atoms with van der Waals surface area (Å²) in [5, 5.41) is 10.5. The summed E-state index contributed by atoms with van der Waals surface area (Å²) in [7, 11) is 0. The Hall–Kier alpha value is -2.37. The van der Waals surface area contributed by atoms with E-state index in [-0.39, 0.29) is 12.5 Å². The molecule has 0 atom stereocenters. The first-order valence-corrected chi connectivity index (χ1v) is 7.14. The molecule has 0 fully saturated rings. The number of amides is 1. The molecule has 1 aromatic carbocycles. The van der Waals surface area contributed by atoms with E-state index in [1.165, 1.54) is 0 Å². The lowest BCUT2D eigenvalue weighted by Crippen LogP contribution is -2.22. The smallest absolute Gasteiger partial charge is 0.246 e. The molecule has 0 aliphatic heterocycles. The van der Waals surface area contributed by atoms with Crippen molar-refractivity contribution in [3.05, 3.63) is 36.2 Å². The second-order valence-corrected chi connectivity index (χ2v) is 4.80. The molecule has 0 aliphatic carbocycles. The molecule has 6 nitrogen and oxygen atoms in total. The van der Waals surface area contributed by atoms with Crippen molar-refractivity contribution in [2.75, 3.05) is 23.3 Å². The summed E-state index contributed by atoms with van der Waals surface area (Å²) < 4.78 is 1.57. The van der Waals surface area contributed by atoms with Crippen LogP contribution < -0.4 is 10.2 Å². The van der Waals surface area contributed by atoms with E-state index >= 15 is 0 Å². The number of hydrogen-bond donors (Lipinski definition) is 1. The molecule has 1 aromatic heterocycles. The first-order valence-electron chi connectivity index (χ1n) is 7.14. The minimum absolute atomic E-state index is 0.112. The Morgan fingerprint density at radius 2 is 1.90 bits per heavy atom. The molecule has 0 aliphatic rings. The van der Waals surface area contributed by atoms with E-state index in [9.17, 15) is 4.79 Å². The van der Waals surface area contributed by atoms with Gasteiger partial charge in [-0.25, -0.2) is 4.68 Å². The van der Waals surface area contributed by atoms with E-state index < -0.39 is 0 Å². The summed E-state index contributed by atoms with van der Waals surface area (Å²) in [6.07, 6.45) is 1.63. The molecule has 0 spiro atoms. The molecule has 2 rings (SSSR count). The average molecular weight is 287 g/mol. The Labute approximate surface area is 124 Å². The van der Waals surface area contributed by atoms with Crippen LogP contribution in [0.4, 0.5) is 11.4 Å². The van der Waals surface area contributed by atoms with Gasteiger partial charge in [-0.3, -0.25) is 4.79 Å². The maximum atomic E-state index is 12.0. The van der Waals surface area contributed by atoms with Crippen LogP contribution in [0.3, 0.4) is 0 Å². The zero-order chi connectivity index (χ0) is 15.2. The number of nitrogens with zero attached hydrogens (tertiary/aromatic N) is 4. The Kier molecular flexibility index (Phi) is 4.92. The summed E-state index contributed by atoms with van der Waals surface area (Å²) in [4.78, 5) is 14.2. The average Bonchev–Trinajstić information content (AvgIpc) is 2.87. The fourth-order valence-electron chi connectivity index (χ4n) is 2.15. The number of nitrogens with one attached hydrogen (secondary N) is 1. The summed E-state index contributed by atoms with van der Waals surface area (Å²) in [5.41, 5.74) is 2.81. The Morgan fingerprint density at radius 1 is 1.24 bits per heavy atom. The number of benzene rings is 1. The van der Waals surface area contributed by atoms with Gasteiger partial charge in [-0.15, -0.1) is 5.10 Å². The lowest BCUT2D eigenvalue weighted by atomic mass is 10.2. The van der Waals surface area contributed by atoms with E-state index in [0.29, 0.717) is 0 Å². The van der Waals surface area contributed by atoms with Crippen molar-refractivity contribution >= 4 is 17.3 Å². The van der Waals surface area contributed by atoms with Gasteiger partial charge >= 0.3 is 0 Å². The van der Waals surface area contributed by atoms with E-state index in [2.05, 4.69) is 34.4 Å². The minimum Gasteiger partial charge on any atom is -0.372 e. The quantitative estimate of drug-likeness (QED) is 0.883. The van der Waals surface area contributed by atoms with Crippen LogP contribution in [0.5, 0.6) is 0 Å². The second kappa shape index (κ2) is 6.88. The highest BCUT2D eigenvalue weighted by Crippen LogP contribution is 2.17. The van der Waals surface area contributed by atoms with Crippen molar-refractivity contribution in [1.82, 2.24) is 15.0 Å². The molecule has 1 N–H and O–H groups in total. The van der Waals surface area contributed by atoms with Gasteiger partial charge in [-0.1, -0.05) is 5.21 Å². The largest absolute Gasteiger partial charge is 0.372 e. The molecule has 112 valence electrons. The number of anilines is 2. The normalized spacial score (nSPS) is 10.4. The molecular formula is C15H21N5O. The highest BCUT2D eigenvalue weighted by atomic mass is 16.2. The van der Waals surface area contributed by atoms with Crippen LogP contribution in [-0.2, 0) is 11.3 Å². The maximum Gasteiger partial charge on any atom is 0.246 e. The van der Waals surface area contributed by atoms with Crippen LogP contribution in [0.1, 0.15) is 19.5 Å². The zero-order valence-corrected chi connectivity index (χ0v) is 12.7. The molecule has 0 bridgehead atoms. The summed E-state index contributed by atoms with van der Waals surface area (Å²) in [6.45, 7) is 8.22. The summed E-state index contributed by atoms with van der Waals surface area (Å²) in [6, 6.07) is 7.87. The number of carbonyl (C=O) groups is 1. The van der Waals surface area contributed by atoms with Gasteiger partial charge in [0.05, 0.1) is 11.9 Å². The molecule has 6 heteroatoms. The summed E-state index contributed by atoms with van der Waals surface area (Å²) >= 11 is 0. The predicted molar refractivity (Wildman–Crippen MR) is 83.4 cm³/mol. The van der Waals surface area contributed by atoms with Crippen LogP contribution in [0.25, 0.3) is 0 Å². The van der Waals surface area contributed by atoms with Crippen LogP contribution in [-0.4, -0.2) is 34.0 Å². The maximum absolute atomic E-state index is 12.0. The molecule has 21 heavy (non-hydrogen) atoms. The standard InChI is InChI=1S/C15H21N5O/c1-4-19(5-2)14-8-6-13(7-9-14)17-15(21)11-20-12(3)10-16-18-20/h6-10H,4-5,11H2,1-3H3,(H,17,21). The van der Waals surface area contributed by atoms with Gasteiger partial charge in [0.2, 0.25) is 5.91 Å². The van der Waals surface area contributed by atoms with Crippen molar-refractivity contribution < 1.29 is 4.79 Å². The fraction of sp³-hybridized carbons (Fsp3) is 0.400. The number of hydrogen-bond acceptors (Lipinski definition) is 4.